The number of carbonyl (C=O) groups is 2. The van der Waals surface area contributed by atoms with E-state index in [9.17, 15) is 18.0 Å². The average molecular weight is 342 g/mol. The van der Waals surface area contributed by atoms with E-state index in [2.05, 4.69) is 0 Å². The van der Waals surface area contributed by atoms with Crippen molar-refractivity contribution in [3.8, 4) is 11.5 Å². The summed E-state index contributed by atoms with van der Waals surface area (Å²) in [6, 6.07) is 4.97. The van der Waals surface area contributed by atoms with Gasteiger partial charge < -0.3 is 14.4 Å². The molecule has 1 heterocycles. The number of amides is 2. The Bertz CT molecular complexity index is 731. The number of benzene rings is 1. The maximum Gasteiger partial charge on any atom is 0.238 e. The molecule has 126 valence electrons. The molecule has 8 nitrogen and oxygen atoms in total. The molecule has 0 aromatic heterocycles. The van der Waals surface area contributed by atoms with Gasteiger partial charge in [-0.3, -0.25) is 14.3 Å². The molecule has 2 amide bonds. The van der Waals surface area contributed by atoms with E-state index in [0.717, 1.165) is 6.26 Å². The Morgan fingerprint density at radius 2 is 1.91 bits per heavy atom. The first-order valence-corrected chi connectivity index (χ1v) is 8.68. The molecular weight excluding hydrogens is 324 g/mol. The summed E-state index contributed by atoms with van der Waals surface area (Å²) in [5.74, 6) is -0.670. The zero-order valence-corrected chi connectivity index (χ0v) is 13.8. The van der Waals surface area contributed by atoms with Crippen molar-refractivity contribution in [2.24, 2.45) is 5.92 Å². The fraction of sp³-hybridized carbons (Fsp3) is 0.429. The molecule has 1 atom stereocenters. The van der Waals surface area contributed by atoms with Crippen molar-refractivity contribution in [2.45, 2.75) is 6.42 Å². The highest BCUT2D eigenvalue weighted by Gasteiger charge is 2.36. The van der Waals surface area contributed by atoms with Crippen LogP contribution in [0.4, 0.5) is 5.69 Å². The van der Waals surface area contributed by atoms with Crippen LogP contribution in [0.25, 0.3) is 0 Å². The van der Waals surface area contributed by atoms with Gasteiger partial charge in [-0.1, -0.05) is 0 Å². The third-order valence-electron chi connectivity index (χ3n) is 3.46. The van der Waals surface area contributed by atoms with Crippen molar-refractivity contribution in [3.63, 3.8) is 0 Å². The predicted molar refractivity (Wildman–Crippen MR) is 83.0 cm³/mol. The molecule has 0 saturated carbocycles. The zero-order chi connectivity index (χ0) is 17.2. The summed E-state index contributed by atoms with van der Waals surface area (Å²) >= 11 is 0. The quantitative estimate of drug-likeness (QED) is 0.816. The largest absolute Gasteiger partial charge is 0.493 e. The summed E-state index contributed by atoms with van der Waals surface area (Å²) in [5, 5.41) is 0. The van der Waals surface area contributed by atoms with E-state index in [1.807, 2.05) is 4.72 Å². The molecule has 1 fully saturated rings. The van der Waals surface area contributed by atoms with Crippen LogP contribution in [0.15, 0.2) is 18.2 Å². The zero-order valence-electron chi connectivity index (χ0n) is 13.0. The maximum atomic E-state index is 12.1. The Morgan fingerprint density at radius 1 is 1.26 bits per heavy atom. The van der Waals surface area contributed by atoms with E-state index in [-0.39, 0.29) is 18.9 Å². The molecule has 0 aliphatic carbocycles. The minimum atomic E-state index is -3.65. The molecule has 1 aliphatic rings. The van der Waals surface area contributed by atoms with Crippen molar-refractivity contribution in [2.75, 3.05) is 31.9 Å². The van der Waals surface area contributed by atoms with Crippen LogP contribution >= 0.6 is 0 Å². The normalized spacial score (nSPS) is 18.0. The summed E-state index contributed by atoms with van der Waals surface area (Å²) < 4.78 is 34.5. The number of ether oxygens (including phenoxy) is 2. The van der Waals surface area contributed by atoms with Gasteiger partial charge in [0.2, 0.25) is 21.8 Å². The number of nitrogens with one attached hydrogen (secondary N) is 1. The van der Waals surface area contributed by atoms with Crippen molar-refractivity contribution < 1.29 is 27.5 Å². The third-order valence-corrected chi connectivity index (χ3v) is 4.03. The number of rotatable bonds is 5. The summed E-state index contributed by atoms with van der Waals surface area (Å²) in [4.78, 5) is 25.5. The molecule has 1 aromatic rings. The van der Waals surface area contributed by atoms with Gasteiger partial charge in [0.1, 0.15) is 0 Å². The lowest BCUT2D eigenvalue weighted by molar-refractivity contribution is -0.124. The first-order chi connectivity index (χ1) is 10.7. The van der Waals surface area contributed by atoms with Gasteiger partial charge in [-0.2, -0.15) is 0 Å². The fourth-order valence-electron chi connectivity index (χ4n) is 2.39. The topological polar surface area (TPSA) is 102 Å². The highest BCUT2D eigenvalue weighted by Crippen LogP contribution is 2.34. The minimum absolute atomic E-state index is 0.0459. The predicted octanol–water partition coefficient (Wildman–Crippen LogP) is 0.132. The summed E-state index contributed by atoms with van der Waals surface area (Å²) in [7, 11) is -0.660. The second-order valence-corrected chi connectivity index (χ2v) is 6.93. The van der Waals surface area contributed by atoms with Gasteiger partial charge >= 0.3 is 0 Å². The number of carbonyl (C=O) groups excluding carboxylic acids is 2. The average Bonchev–Trinajstić information content (AvgIpc) is 2.87. The van der Waals surface area contributed by atoms with Crippen LogP contribution in [0.3, 0.4) is 0 Å². The Kier molecular flexibility index (Phi) is 4.79. The van der Waals surface area contributed by atoms with Crippen molar-refractivity contribution >= 4 is 27.5 Å². The van der Waals surface area contributed by atoms with Gasteiger partial charge in [-0.05, 0) is 12.1 Å². The molecule has 0 spiro atoms. The fourth-order valence-corrected chi connectivity index (χ4v) is 2.92. The maximum absolute atomic E-state index is 12.1. The molecule has 1 saturated heterocycles. The van der Waals surface area contributed by atoms with Gasteiger partial charge in [0, 0.05) is 24.7 Å². The van der Waals surface area contributed by atoms with Gasteiger partial charge in [0.25, 0.3) is 0 Å². The Morgan fingerprint density at radius 3 is 2.48 bits per heavy atom. The number of methoxy groups -OCH3 is 2. The molecule has 1 aromatic carbocycles. The van der Waals surface area contributed by atoms with Crippen molar-refractivity contribution in [3.05, 3.63) is 18.2 Å². The summed E-state index contributed by atoms with van der Waals surface area (Å²) in [5.41, 5.74) is 0.558. The molecule has 23 heavy (non-hydrogen) atoms. The van der Waals surface area contributed by atoms with Crippen molar-refractivity contribution in [1.29, 1.82) is 0 Å². The highest BCUT2D eigenvalue weighted by atomic mass is 32.2. The SMILES string of the molecule is COc1ccc(N2C[C@@H](C(=O)NS(C)(=O)=O)CC2=O)cc1OC. The Hall–Kier alpha value is -2.29. The monoisotopic (exact) mass is 342 g/mol. The summed E-state index contributed by atoms with van der Waals surface area (Å²) in [6.07, 6.45) is 0.851. The van der Waals surface area contributed by atoms with Gasteiger partial charge in [0.15, 0.2) is 11.5 Å². The van der Waals surface area contributed by atoms with E-state index in [1.165, 1.54) is 19.1 Å². The lowest BCUT2D eigenvalue weighted by atomic mass is 10.1. The number of nitrogens with zero attached hydrogens (tertiary/aromatic N) is 1. The lowest BCUT2D eigenvalue weighted by Gasteiger charge is -2.18. The van der Waals surface area contributed by atoms with Gasteiger partial charge in [0.05, 0.1) is 26.4 Å². The van der Waals surface area contributed by atoms with Crippen LogP contribution in [0.5, 0.6) is 11.5 Å². The van der Waals surface area contributed by atoms with Gasteiger partial charge in [-0.15, -0.1) is 0 Å². The molecular formula is C14H18N2O6S. The first-order valence-electron chi connectivity index (χ1n) is 6.79. The standard InChI is InChI=1S/C14H18N2O6S/c1-21-11-5-4-10(7-12(11)22-2)16-8-9(6-13(16)17)14(18)15-23(3,19)20/h4-5,7,9H,6,8H2,1-3H3,(H,15,18)/t9-/m0/s1. The van der Waals surface area contributed by atoms with E-state index in [4.69, 9.17) is 9.47 Å². The third kappa shape index (κ3) is 3.92. The minimum Gasteiger partial charge on any atom is -0.493 e. The molecule has 1 aliphatic heterocycles. The van der Waals surface area contributed by atoms with Crippen LogP contribution in [0.1, 0.15) is 6.42 Å². The second kappa shape index (κ2) is 6.45. The van der Waals surface area contributed by atoms with E-state index < -0.39 is 21.8 Å². The Balaban J connectivity index is 2.19. The molecule has 9 heteroatoms. The molecule has 0 radical (unpaired) electrons. The van der Waals surface area contributed by atoms with Crippen LogP contribution in [0.2, 0.25) is 0 Å². The van der Waals surface area contributed by atoms with Crippen LogP contribution < -0.4 is 19.1 Å². The number of hydrogen-bond donors (Lipinski definition) is 1. The van der Waals surface area contributed by atoms with Crippen molar-refractivity contribution in [1.82, 2.24) is 4.72 Å². The van der Waals surface area contributed by atoms with Gasteiger partial charge in [-0.25, -0.2) is 8.42 Å². The number of sulfonamides is 1. The lowest BCUT2D eigenvalue weighted by Crippen LogP contribution is -2.36. The smallest absolute Gasteiger partial charge is 0.238 e. The van der Waals surface area contributed by atoms with Crippen LogP contribution in [0, 0.1) is 5.92 Å². The molecule has 1 N–H and O–H groups in total. The summed E-state index contributed by atoms with van der Waals surface area (Å²) in [6.45, 7) is 0.107. The molecule has 2 rings (SSSR count). The molecule has 0 bridgehead atoms. The van der Waals surface area contributed by atoms with E-state index in [0.29, 0.717) is 17.2 Å². The Labute approximate surface area is 134 Å². The van der Waals surface area contributed by atoms with Crippen LogP contribution in [-0.2, 0) is 19.6 Å². The second-order valence-electron chi connectivity index (χ2n) is 5.18. The van der Waals surface area contributed by atoms with Crippen LogP contribution in [-0.4, -0.2) is 47.3 Å². The number of anilines is 1. The van der Waals surface area contributed by atoms with E-state index >= 15 is 0 Å². The van der Waals surface area contributed by atoms with E-state index in [1.54, 1.807) is 18.2 Å². The highest BCUT2D eigenvalue weighted by molar-refractivity contribution is 7.89. The first kappa shape index (κ1) is 17.1. The molecule has 0 unspecified atom stereocenters. The number of hydrogen-bond acceptors (Lipinski definition) is 6.